The van der Waals surface area contributed by atoms with Crippen molar-refractivity contribution in [3.63, 3.8) is 0 Å². The van der Waals surface area contributed by atoms with Crippen molar-refractivity contribution in [2.24, 2.45) is 16.7 Å². The van der Waals surface area contributed by atoms with E-state index >= 15 is 0 Å². The molecule has 3 saturated carbocycles. The van der Waals surface area contributed by atoms with Crippen LogP contribution in [0.3, 0.4) is 0 Å². The Labute approximate surface area is 202 Å². The average Bonchev–Trinajstić information content (AvgIpc) is 3.43. The molecular weight excluding hydrogens is 470 g/mol. The molecule has 4 aliphatic rings. The summed E-state index contributed by atoms with van der Waals surface area (Å²) >= 11 is 0. The van der Waals surface area contributed by atoms with Crippen molar-refractivity contribution in [1.82, 2.24) is 0 Å². The van der Waals surface area contributed by atoms with Crippen LogP contribution in [-0.4, -0.2) is 34.3 Å². The predicted molar refractivity (Wildman–Crippen MR) is 121 cm³/mol. The number of rotatable bonds is 5. The van der Waals surface area contributed by atoms with Crippen LogP contribution in [0.5, 0.6) is 0 Å². The van der Waals surface area contributed by atoms with Gasteiger partial charge in [-0.3, -0.25) is 0 Å². The lowest BCUT2D eigenvalue weighted by molar-refractivity contribution is -0.347. The first-order valence-corrected chi connectivity index (χ1v) is 12.5. The highest BCUT2D eigenvalue weighted by Crippen LogP contribution is 2.67. The smallest absolute Gasteiger partial charge is 0.393 e. The number of halogens is 6. The fraction of sp³-hybridized carbons (Fsp3) is 0.704. The van der Waals surface area contributed by atoms with Gasteiger partial charge in [-0.15, -0.1) is 0 Å². The number of hydrogen-bond donors (Lipinski definition) is 2. The quantitative estimate of drug-likeness (QED) is 0.301. The van der Waals surface area contributed by atoms with Crippen LogP contribution in [0.25, 0.3) is 0 Å². The summed E-state index contributed by atoms with van der Waals surface area (Å²) in [4.78, 5) is 0. The Hall–Kier alpha value is -1.54. The van der Waals surface area contributed by atoms with Crippen LogP contribution in [0.15, 0.2) is 47.1 Å². The van der Waals surface area contributed by atoms with Gasteiger partial charge < -0.3 is 10.2 Å². The third-order valence-electron chi connectivity index (χ3n) is 8.77. The first-order chi connectivity index (χ1) is 16.2. The molecule has 0 aromatic heterocycles. The van der Waals surface area contributed by atoms with Crippen LogP contribution in [0.1, 0.15) is 77.6 Å². The maximum absolute atomic E-state index is 13.0. The zero-order valence-corrected chi connectivity index (χ0v) is 20.0. The average molecular weight is 505 g/mol. The molecule has 4 aliphatic carbocycles. The van der Waals surface area contributed by atoms with Crippen LogP contribution in [-0.2, 0) is 0 Å². The van der Waals surface area contributed by atoms with Gasteiger partial charge in [0.25, 0.3) is 5.60 Å². The van der Waals surface area contributed by atoms with Gasteiger partial charge in [0, 0.05) is 0 Å². The summed E-state index contributed by atoms with van der Waals surface area (Å²) in [6, 6.07) is 0. The number of aliphatic hydroxyl groups is 2. The van der Waals surface area contributed by atoms with Gasteiger partial charge >= 0.3 is 12.4 Å². The third-order valence-corrected chi connectivity index (χ3v) is 8.77. The molecule has 3 fully saturated rings. The molecule has 2 nitrogen and oxygen atoms in total. The summed E-state index contributed by atoms with van der Waals surface area (Å²) in [5, 5.41) is 19.4. The van der Waals surface area contributed by atoms with E-state index in [9.17, 15) is 36.6 Å². The maximum atomic E-state index is 13.0. The zero-order valence-electron chi connectivity index (χ0n) is 20.0. The molecular formula is C27H34F6O2. The third kappa shape index (κ3) is 4.89. The summed E-state index contributed by atoms with van der Waals surface area (Å²) < 4.78 is 78.2. The molecule has 196 valence electrons. The van der Waals surface area contributed by atoms with E-state index < -0.39 is 23.4 Å². The second-order valence-corrected chi connectivity index (χ2v) is 11.1. The van der Waals surface area contributed by atoms with Gasteiger partial charge in [-0.25, -0.2) is 0 Å². The van der Waals surface area contributed by atoms with Crippen molar-refractivity contribution in [3.8, 4) is 0 Å². The SMILES string of the molecule is CC12CCC/C(=C\C=C3\CCCC(O)C3)C1CC=C2C1(C/C=C/C(O)(C(F)(F)F)C(F)(F)F)CC1. The molecule has 0 aliphatic heterocycles. The van der Waals surface area contributed by atoms with Crippen LogP contribution in [0.4, 0.5) is 26.3 Å². The Bertz CT molecular complexity index is 920. The Morgan fingerprint density at radius 2 is 1.69 bits per heavy atom. The first-order valence-electron chi connectivity index (χ1n) is 12.5. The monoisotopic (exact) mass is 504 g/mol. The van der Waals surface area contributed by atoms with Crippen molar-refractivity contribution >= 4 is 0 Å². The Balaban J connectivity index is 1.51. The van der Waals surface area contributed by atoms with Crippen LogP contribution >= 0.6 is 0 Å². The van der Waals surface area contributed by atoms with Gasteiger partial charge in [-0.1, -0.05) is 47.9 Å². The maximum Gasteiger partial charge on any atom is 0.429 e. The Kier molecular flexibility index (Phi) is 6.89. The molecule has 0 aromatic carbocycles. The molecule has 0 radical (unpaired) electrons. The molecule has 0 heterocycles. The second-order valence-electron chi connectivity index (χ2n) is 11.1. The molecule has 3 atom stereocenters. The normalized spacial score (nSPS) is 33.9. The zero-order chi connectivity index (χ0) is 25.7. The van der Waals surface area contributed by atoms with Crippen molar-refractivity contribution < 1.29 is 36.6 Å². The molecule has 35 heavy (non-hydrogen) atoms. The fourth-order valence-corrected chi connectivity index (χ4v) is 6.63. The topological polar surface area (TPSA) is 40.5 Å². The molecule has 0 saturated heterocycles. The first kappa shape index (κ1) is 26.5. The van der Waals surface area contributed by atoms with E-state index in [2.05, 4.69) is 25.2 Å². The summed E-state index contributed by atoms with van der Waals surface area (Å²) in [6.07, 6.45) is 4.05. The van der Waals surface area contributed by atoms with E-state index in [4.69, 9.17) is 0 Å². The standard InChI is InChI=1S/C27H34F6O2/c1-23-12-3-6-19(9-8-18-5-2-7-20(34)17-18)21(23)10-11-22(23)24(15-16-24)13-4-14-25(35,26(28,29)30)27(31,32)33/h4,8-9,11,14,20-21,34-35H,2-3,5-7,10,12-13,15-17H2,1H3/b14-4+,18-8-,19-9+. The molecule has 0 aromatic rings. The van der Waals surface area contributed by atoms with E-state index in [0.717, 1.165) is 69.4 Å². The highest BCUT2D eigenvalue weighted by atomic mass is 19.4. The lowest BCUT2D eigenvalue weighted by Crippen LogP contribution is -2.55. The summed E-state index contributed by atoms with van der Waals surface area (Å²) in [7, 11) is 0. The summed E-state index contributed by atoms with van der Waals surface area (Å²) in [5.41, 5.74) is -1.68. The summed E-state index contributed by atoms with van der Waals surface area (Å²) in [6.45, 7) is 2.19. The number of aliphatic hydroxyl groups excluding tert-OH is 1. The lowest BCUT2D eigenvalue weighted by atomic mass is 9.61. The van der Waals surface area contributed by atoms with Crippen LogP contribution < -0.4 is 0 Å². The molecule has 3 unspecified atom stereocenters. The number of allylic oxidation sites excluding steroid dienone is 6. The van der Waals surface area contributed by atoms with Gasteiger partial charge in [0.1, 0.15) is 0 Å². The van der Waals surface area contributed by atoms with Crippen LogP contribution in [0, 0.1) is 16.7 Å². The highest BCUT2D eigenvalue weighted by Gasteiger charge is 2.69. The Morgan fingerprint density at radius 3 is 2.29 bits per heavy atom. The fourth-order valence-electron chi connectivity index (χ4n) is 6.63. The predicted octanol–water partition coefficient (Wildman–Crippen LogP) is 7.49. The minimum absolute atomic E-state index is 0.0522. The van der Waals surface area contributed by atoms with Gasteiger partial charge in [-0.2, -0.15) is 26.3 Å². The minimum Gasteiger partial charge on any atom is -0.393 e. The number of alkyl halides is 6. The lowest BCUT2D eigenvalue weighted by Gasteiger charge is -2.43. The molecule has 0 amide bonds. The van der Waals surface area contributed by atoms with Gasteiger partial charge in [0.15, 0.2) is 0 Å². The van der Waals surface area contributed by atoms with Crippen molar-refractivity contribution in [1.29, 1.82) is 0 Å². The minimum atomic E-state index is -5.84. The molecule has 8 heteroatoms. The number of fused-ring (bicyclic) bond motifs is 1. The highest BCUT2D eigenvalue weighted by molar-refractivity contribution is 5.40. The second kappa shape index (κ2) is 9.09. The van der Waals surface area contributed by atoms with Crippen molar-refractivity contribution in [2.75, 3.05) is 0 Å². The number of hydrogen-bond acceptors (Lipinski definition) is 2. The van der Waals surface area contributed by atoms with Gasteiger partial charge in [-0.05, 0) is 93.5 Å². The van der Waals surface area contributed by atoms with E-state index in [1.165, 1.54) is 11.1 Å². The van der Waals surface area contributed by atoms with Gasteiger partial charge in [0.05, 0.1) is 6.10 Å². The molecule has 0 bridgehead atoms. The molecule has 4 rings (SSSR count). The largest absolute Gasteiger partial charge is 0.429 e. The Morgan fingerprint density at radius 1 is 1.00 bits per heavy atom. The van der Waals surface area contributed by atoms with E-state index in [1.807, 2.05) is 0 Å². The van der Waals surface area contributed by atoms with E-state index in [-0.39, 0.29) is 29.9 Å². The molecule has 2 N–H and O–H groups in total. The van der Waals surface area contributed by atoms with Crippen LogP contribution in [0.2, 0.25) is 0 Å². The summed E-state index contributed by atoms with van der Waals surface area (Å²) in [5.74, 6) is 0.278. The van der Waals surface area contributed by atoms with Crippen molar-refractivity contribution in [3.05, 3.63) is 47.1 Å². The van der Waals surface area contributed by atoms with Gasteiger partial charge in [0.2, 0.25) is 0 Å². The van der Waals surface area contributed by atoms with E-state index in [0.29, 0.717) is 6.42 Å². The molecule has 0 spiro atoms. The van der Waals surface area contributed by atoms with Crippen molar-refractivity contribution in [2.45, 2.75) is 102 Å². The van der Waals surface area contributed by atoms with E-state index in [1.54, 1.807) is 0 Å².